The monoisotopic (exact) mass is 326 g/mol. The van der Waals surface area contributed by atoms with Crippen LogP contribution >= 0.6 is 0 Å². The Kier molecular flexibility index (Phi) is 4.16. The minimum absolute atomic E-state index is 0.157. The summed E-state index contributed by atoms with van der Waals surface area (Å²) in [4.78, 5) is 20.2. The normalized spacial score (nSPS) is 16.0. The summed E-state index contributed by atoms with van der Waals surface area (Å²) in [5.41, 5.74) is 2.85. The van der Waals surface area contributed by atoms with E-state index in [9.17, 15) is 9.90 Å². The number of methoxy groups -OCH3 is 1. The molecule has 0 atom stereocenters. The number of allylic oxidation sites excluding steroid dienone is 4. The van der Waals surface area contributed by atoms with Crippen LogP contribution in [0.3, 0.4) is 0 Å². The van der Waals surface area contributed by atoms with Gasteiger partial charge in [-0.15, -0.1) is 0 Å². The minimum Gasteiger partial charge on any atom is -0.493 e. The van der Waals surface area contributed by atoms with Crippen molar-refractivity contribution in [3.05, 3.63) is 46.6 Å². The van der Waals surface area contributed by atoms with Crippen molar-refractivity contribution in [1.82, 2.24) is 19.6 Å². The second-order valence-corrected chi connectivity index (χ2v) is 5.30. The Labute approximate surface area is 139 Å². The molecule has 7 nitrogen and oxygen atoms in total. The molecule has 0 fully saturated rings. The second-order valence-electron chi connectivity index (χ2n) is 5.30. The molecule has 1 aliphatic rings. The van der Waals surface area contributed by atoms with E-state index in [0.717, 1.165) is 24.2 Å². The Bertz CT molecular complexity index is 906. The Morgan fingerprint density at radius 1 is 1.21 bits per heavy atom. The fraction of sp³-hybridized carbons (Fsp3) is 0.294. The highest BCUT2D eigenvalue weighted by Crippen LogP contribution is 2.23. The van der Waals surface area contributed by atoms with E-state index in [-0.39, 0.29) is 17.4 Å². The number of aryl methyl sites for hydroxylation is 2. The average molecular weight is 326 g/mol. The molecule has 0 bridgehead atoms. The maximum absolute atomic E-state index is 11.6. The zero-order chi connectivity index (χ0) is 17.3. The van der Waals surface area contributed by atoms with Gasteiger partial charge in [-0.05, 0) is 36.6 Å². The Morgan fingerprint density at radius 2 is 1.96 bits per heavy atom. The van der Waals surface area contributed by atoms with Gasteiger partial charge in [0.15, 0.2) is 5.76 Å². The van der Waals surface area contributed by atoms with E-state index >= 15 is 0 Å². The molecule has 0 radical (unpaired) electrons. The lowest BCUT2D eigenvalue weighted by Crippen LogP contribution is -2.07. The van der Waals surface area contributed by atoms with Gasteiger partial charge < -0.3 is 9.84 Å². The van der Waals surface area contributed by atoms with Gasteiger partial charge in [-0.1, -0.05) is 19.9 Å². The molecule has 0 aromatic carbocycles. The van der Waals surface area contributed by atoms with Crippen LogP contribution in [0.5, 0.6) is 5.88 Å². The van der Waals surface area contributed by atoms with Crippen LogP contribution in [0.1, 0.15) is 30.9 Å². The van der Waals surface area contributed by atoms with E-state index in [1.165, 1.54) is 17.7 Å². The summed E-state index contributed by atoms with van der Waals surface area (Å²) in [6, 6.07) is 0. The highest BCUT2D eigenvalue weighted by atomic mass is 16.5. The Morgan fingerprint density at radius 3 is 2.62 bits per heavy atom. The second kappa shape index (κ2) is 6.27. The van der Waals surface area contributed by atoms with Gasteiger partial charge in [0.05, 0.1) is 18.5 Å². The predicted octanol–water partition coefficient (Wildman–Crippen LogP) is 2.01. The number of rotatable bonds is 4. The van der Waals surface area contributed by atoms with E-state index in [1.807, 2.05) is 13.8 Å². The zero-order valence-corrected chi connectivity index (χ0v) is 13.8. The molecular weight excluding hydrogens is 308 g/mol. The zero-order valence-electron chi connectivity index (χ0n) is 13.8. The van der Waals surface area contributed by atoms with E-state index in [4.69, 9.17) is 4.74 Å². The molecule has 0 aliphatic heterocycles. The fourth-order valence-electron chi connectivity index (χ4n) is 2.55. The van der Waals surface area contributed by atoms with Gasteiger partial charge in [-0.3, -0.25) is 4.79 Å². The van der Waals surface area contributed by atoms with Crippen LogP contribution in [0, 0.1) is 0 Å². The molecule has 0 amide bonds. The summed E-state index contributed by atoms with van der Waals surface area (Å²) in [5.74, 6) is 0.235. The number of carbonyl (C=O) groups excluding carboxylic acids is 1. The summed E-state index contributed by atoms with van der Waals surface area (Å²) in [7, 11) is 1.44. The van der Waals surface area contributed by atoms with Crippen molar-refractivity contribution >= 4 is 17.6 Å². The van der Waals surface area contributed by atoms with E-state index in [1.54, 1.807) is 18.2 Å². The molecule has 124 valence electrons. The first-order valence-electron chi connectivity index (χ1n) is 7.74. The Balaban J connectivity index is 2.15. The van der Waals surface area contributed by atoms with Gasteiger partial charge in [-0.25, -0.2) is 4.98 Å². The van der Waals surface area contributed by atoms with Crippen LogP contribution in [-0.4, -0.2) is 37.6 Å². The maximum atomic E-state index is 11.6. The molecule has 2 heterocycles. The first kappa shape index (κ1) is 15.9. The lowest BCUT2D eigenvalue weighted by molar-refractivity contribution is -0.114. The number of hydrogen-bond acceptors (Lipinski definition) is 6. The molecule has 2 aromatic heterocycles. The molecule has 0 saturated heterocycles. The molecule has 0 unspecified atom stereocenters. The highest BCUT2D eigenvalue weighted by molar-refractivity contribution is 6.05. The molecule has 7 heteroatoms. The van der Waals surface area contributed by atoms with Crippen molar-refractivity contribution in [2.24, 2.45) is 0 Å². The molecule has 1 N–H and O–H groups in total. The van der Waals surface area contributed by atoms with Crippen LogP contribution in [0.15, 0.2) is 29.6 Å². The van der Waals surface area contributed by atoms with Gasteiger partial charge in [0.25, 0.3) is 5.78 Å². The first-order chi connectivity index (χ1) is 11.6. The molecule has 0 saturated carbocycles. The van der Waals surface area contributed by atoms with Crippen molar-refractivity contribution < 1.29 is 14.6 Å². The van der Waals surface area contributed by atoms with Crippen molar-refractivity contribution in [2.75, 3.05) is 7.11 Å². The molecule has 3 rings (SSSR count). The first-order valence-corrected chi connectivity index (χ1v) is 7.74. The van der Waals surface area contributed by atoms with Gasteiger partial charge >= 0.3 is 0 Å². The largest absolute Gasteiger partial charge is 0.493 e. The summed E-state index contributed by atoms with van der Waals surface area (Å²) in [6.45, 7) is 4.01. The summed E-state index contributed by atoms with van der Waals surface area (Å²) >= 11 is 0. The molecule has 0 spiro atoms. The van der Waals surface area contributed by atoms with Gasteiger partial charge in [-0.2, -0.15) is 14.6 Å². The summed E-state index contributed by atoms with van der Waals surface area (Å²) in [5, 5.41) is 14.7. The van der Waals surface area contributed by atoms with Crippen LogP contribution in [0.25, 0.3) is 11.9 Å². The third-order valence-corrected chi connectivity index (χ3v) is 3.80. The molecule has 24 heavy (non-hydrogen) atoms. The van der Waals surface area contributed by atoms with E-state index in [2.05, 4.69) is 15.1 Å². The number of hydrogen-bond donors (Lipinski definition) is 1. The molecule has 2 aromatic rings. The number of fused-ring (bicyclic) bond motifs is 1. The maximum Gasteiger partial charge on any atom is 0.254 e. The summed E-state index contributed by atoms with van der Waals surface area (Å²) in [6.07, 6.45) is 7.86. The van der Waals surface area contributed by atoms with Gasteiger partial charge in [0, 0.05) is 0 Å². The quantitative estimate of drug-likeness (QED) is 0.924. The topological polar surface area (TPSA) is 89.6 Å². The fourth-order valence-corrected chi connectivity index (χ4v) is 2.55. The van der Waals surface area contributed by atoms with Crippen LogP contribution < -0.4 is 0 Å². The lowest BCUT2D eigenvalue weighted by atomic mass is 10.1. The van der Waals surface area contributed by atoms with Crippen LogP contribution in [-0.2, 0) is 22.4 Å². The highest BCUT2D eigenvalue weighted by Gasteiger charge is 2.17. The number of ketones is 1. The lowest BCUT2D eigenvalue weighted by Gasteiger charge is -2.08. The van der Waals surface area contributed by atoms with Gasteiger partial charge in [0.1, 0.15) is 5.69 Å². The predicted molar refractivity (Wildman–Crippen MR) is 88.4 cm³/mol. The third-order valence-electron chi connectivity index (χ3n) is 3.80. The smallest absolute Gasteiger partial charge is 0.254 e. The minimum atomic E-state index is -0.197. The van der Waals surface area contributed by atoms with Crippen molar-refractivity contribution in [3.63, 3.8) is 0 Å². The number of aromatic nitrogens is 4. The average Bonchev–Trinajstić information content (AvgIpc) is 2.89. The van der Waals surface area contributed by atoms with Gasteiger partial charge in [0.2, 0.25) is 11.7 Å². The Hall–Kier alpha value is -2.96. The van der Waals surface area contributed by atoms with Crippen molar-refractivity contribution in [1.29, 1.82) is 0 Å². The summed E-state index contributed by atoms with van der Waals surface area (Å²) < 4.78 is 6.56. The SMILES string of the molecule is CCc1nc2nc(O)c(C=C3C=CC(=O)C(OC)=C3)n2nc1CC. The molecule has 1 aliphatic carbocycles. The number of carbonyl (C=O) groups is 1. The standard InChI is InChI=1S/C17H18N4O3/c1-4-11-12(5-2)20-21-13(16(23)19-17(21)18-11)8-10-6-7-14(22)15(9-10)24-3/h6-9,23H,4-5H2,1-3H3. The van der Waals surface area contributed by atoms with E-state index in [0.29, 0.717) is 17.0 Å². The van der Waals surface area contributed by atoms with Crippen molar-refractivity contribution in [3.8, 4) is 5.88 Å². The van der Waals surface area contributed by atoms with E-state index < -0.39 is 0 Å². The third kappa shape index (κ3) is 2.68. The molecular formula is C17H18N4O3. The number of ether oxygens (including phenoxy) is 1. The van der Waals surface area contributed by atoms with Crippen LogP contribution in [0.2, 0.25) is 0 Å². The number of nitrogens with zero attached hydrogens (tertiary/aromatic N) is 4. The number of imidazole rings is 1. The van der Waals surface area contributed by atoms with Crippen LogP contribution in [0.4, 0.5) is 0 Å². The number of aromatic hydroxyl groups is 1. The van der Waals surface area contributed by atoms with Crippen molar-refractivity contribution in [2.45, 2.75) is 26.7 Å².